The summed E-state index contributed by atoms with van der Waals surface area (Å²) in [7, 11) is 2.11. The van der Waals surface area contributed by atoms with Crippen LogP contribution in [0.4, 0.5) is 0 Å². The standard InChI is InChI=1S/C20H29N3O/c1-14(2)19-13-17(16-9-6-7-10-18(16)22-19)20(24)21-11-8-12-23(5)15(3)4/h6-7,9-10,13-15H,8,11-12H2,1-5H3,(H,21,24). The number of hydrogen-bond donors (Lipinski definition) is 1. The van der Waals surface area contributed by atoms with Crippen molar-refractivity contribution in [3.05, 3.63) is 41.6 Å². The van der Waals surface area contributed by atoms with Gasteiger partial charge in [-0.05, 0) is 51.9 Å². The summed E-state index contributed by atoms with van der Waals surface area (Å²) in [6.45, 7) is 10.2. The van der Waals surface area contributed by atoms with Crippen molar-refractivity contribution in [3.8, 4) is 0 Å². The Hall–Kier alpha value is -1.94. The molecule has 0 aliphatic rings. The topological polar surface area (TPSA) is 45.2 Å². The third-order valence-electron chi connectivity index (χ3n) is 4.43. The van der Waals surface area contributed by atoms with Crippen molar-refractivity contribution >= 4 is 16.8 Å². The number of benzene rings is 1. The number of aromatic nitrogens is 1. The van der Waals surface area contributed by atoms with Gasteiger partial charge in [-0.2, -0.15) is 0 Å². The number of nitrogens with zero attached hydrogens (tertiary/aromatic N) is 2. The number of rotatable bonds is 7. The Morgan fingerprint density at radius 2 is 1.92 bits per heavy atom. The summed E-state index contributed by atoms with van der Waals surface area (Å²) < 4.78 is 0. The summed E-state index contributed by atoms with van der Waals surface area (Å²) in [6.07, 6.45) is 0.945. The summed E-state index contributed by atoms with van der Waals surface area (Å²) in [5.41, 5.74) is 2.56. The Morgan fingerprint density at radius 1 is 1.21 bits per heavy atom. The zero-order valence-electron chi connectivity index (χ0n) is 15.5. The molecule has 0 saturated carbocycles. The maximum atomic E-state index is 12.7. The van der Waals surface area contributed by atoms with Crippen LogP contribution in [0.25, 0.3) is 10.9 Å². The molecule has 0 fully saturated rings. The van der Waals surface area contributed by atoms with E-state index in [0.29, 0.717) is 18.5 Å². The molecule has 1 aromatic heterocycles. The van der Waals surface area contributed by atoms with E-state index in [2.05, 4.69) is 49.9 Å². The largest absolute Gasteiger partial charge is 0.352 e. The first kappa shape index (κ1) is 18.4. The first-order chi connectivity index (χ1) is 11.4. The highest BCUT2D eigenvalue weighted by Crippen LogP contribution is 2.22. The molecule has 0 spiro atoms. The van der Waals surface area contributed by atoms with Gasteiger partial charge in [0.05, 0.1) is 11.1 Å². The second kappa shape index (κ2) is 8.25. The molecule has 1 aromatic carbocycles. The Morgan fingerprint density at radius 3 is 2.58 bits per heavy atom. The van der Waals surface area contributed by atoms with Crippen LogP contribution < -0.4 is 5.32 Å². The molecule has 0 radical (unpaired) electrons. The molecule has 130 valence electrons. The van der Waals surface area contributed by atoms with Crippen LogP contribution in [0.5, 0.6) is 0 Å². The number of para-hydroxylation sites is 1. The van der Waals surface area contributed by atoms with Crippen LogP contribution in [0, 0.1) is 0 Å². The molecule has 2 aromatic rings. The second-order valence-electron chi connectivity index (χ2n) is 6.95. The molecule has 0 unspecified atom stereocenters. The van der Waals surface area contributed by atoms with Crippen LogP contribution in [0.2, 0.25) is 0 Å². The smallest absolute Gasteiger partial charge is 0.252 e. The van der Waals surface area contributed by atoms with E-state index in [1.807, 2.05) is 30.3 Å². The molecule has 4 nitrogen and oxygen atoms in total. The number of hydrogen-bond acceptors (Lipinski definition) is 3. The average molecular weight is 327 g/mol. The first-order valence-electron chi connectivity index (χ1n) is 8.78. The van der Waals surface area contributed by atoms with Crippen LogP contribution >= 0.6 is 0 Å². The van der Waals surface area contributed by atoms with Gasteiger partial charge in [0.25, 0.3) is 5.91 Å². The van der Waals surface area contributed by atoms with Crippen molar-refractivity contribution in [1.82, 2.24) is 15.2 Å². The Balaban J connectivity index is 2.11. The highest BCUT2D eigenvalue weighted by molar-refractivity contribution is 6.06. The van der Waals surface area contributed by atoms with E-state index >= 15 is 0 Å². The molecule has 1 heterocycles. The van der Waals surface area contributed by atoms with Crippen LogP contribution in [0.3, 0.4) is 0 Å². The van der Waals surface area contributed by atoms with Gasteiger partial charge in [0.15, 0.2) is 0 Å². The first-order valence-corrected chi connectivity index (χ1v) is 8.78. The molecular formula is C20H29N3O. The lowest BCUT2D eigenvalue weighted by Gasteiger charge is -2.20. The van der Waals surface area contributed by atoms with E-state index < -0.39 is 0 Å². The van der Waals surface area contributed by atoms with Crippen LogP contribution in [0.15, 0.2) is 30.3 Å². The quantitative estimate of drug-likeness (QED) is 0.786. The number of amides is 1. The normalized spacial score (nSPS) is 11.7. The van der Waals surface area contributed by atoms with E-state index in [1.165, 1.54) is 0 Å². The van der Waals surface area contributed by atoms with E-state index in [4.69, 9.17) is 0 Å². The van der Waals surface area contributed by atoms with Crippen molar-refractivity contribution < 1.29 is 4.79 Å². The second-order valence-corrected chi connectivity index (χ2v) is 6.95. The Kier molecular flexibility index (Phi) is 6.32. The van der Waals surface area contributed by atoms with Crippen LogP contribution in [0.1, 0.15) is 56.1 Å². The summed E-state index contributed by atoms with van der Waals surface area (Å²) in [5, 5.41) is 3.97. The SMILES string of the molecule is CC(C)c1cc(C(=O)NCCCN(C)C(C)C)c2ccccc2n1. The predicted molar refractivity (Wildman–Crippen MR) is 101 cm³/mol. The van der Waals surface area contributed by atoms with Gasteiger partial charge in [-0.3, -0.25) is 9.78 Å². The molecule has 0 saturated heterocycles. The lowest BCUT2D eigenvalue weighted by molar-refractivity contribution is 0.0953. The number of nitrogens with one attached hydrogen (secondary N) is 1. The highest BCUT2D eigenvalue weighted by atomic mass is 16.1. The summed E-state index contributed by atoms with van der Waals surface area (Å²) in [6, 6.07) is 10.3. The van der Waals surface area contributed by atoms with Gasteiger partial charge in [-0.1, -0.05) is 32.0 Å². The van der Waals surface area contributed by atoms with E-state index in [9.17, 15) is 4.79 Å². The number of pyridine rings is 1. The van der Waals surface area contributed by atoms with Gasteiger partial charge in [0.2, 0.25) is 0 Å². The fraction of sp³-hybridized carbons (Fsp3) is 0.500. The fourth-order valence-electron chi connectivity index (χ4n) is 2.56. The number of fused-ring (bicyclic) bond motifs is 1. The Bertz CT molecular complexity index is 694. The van der Waals surface area contributed by atoms with E-state index in [-0.39, 0.29) is 5.91 Å². The van der Waals surface area contributed by atoms with Gasteiger partial charge in [0, 0.05) is 23.7 Å². The van der Waals surface area contributed by atoms with Crippen LogP contribution in [-0.4, -0.2) is 42.0 Å². The van der Waals surface area contributed by atoms with Gasteiger partial charge >= 0.3 is 0 Å². The molecule has 2 rings (SSSR count). The van der Waals surface area contributed by atoms with Crippen LogP contribution in [-0.2, 0) is 0 Å². The molecular weight excluding hydrogens is 298 g/mol. The van der Waals surface area contributed by atoms with Crippen molar-refractivity contribution in [2.24, 2.45) is 0 Å². The molecule has 0 atom stereocenters. The maximum Gasteiger partial charge on any atom is 0.252 e. The number of carbonyl (C=O) groups is 1. The lowest BCUT2D eigenvalue weighted by atomic mass is 10.0. The Labute approximate surface area is 145 Å². The summed E-state index contributed by atoms with van der Waals surface area (Å²) in [5.74, 6) is 0.281. The minimum atomic E-state index is -0.0114. The molecule has 24 heavy (non-hydrogen) atoms. The van der Waals surface area contributed by atoms with Gasteiger partial charge in [-0.15, -0.1) is 0 Å². The highest BCUT2D eigenvalue weighted by Gasteiger charge is 2.14. The van der Waals surface area contributed by atoms with Crippen molar-refractivity contribution in [1.29, 1.82) is 0 Å². The predicted octanol–water partition coefficient (Wildman–Crippen LogP) is 3.82. The summed E-state index contributed by atoms with van der Waals surface area (Å²) in [4.78, 5) is 19.6. The monoisotopic (exact) mass is 327 g/mol. The summed E-state index contributed by atoms with van der Waals surface area (Å²) >= 11 is 0. The minimum Gasteiger partial charge on any atom is -0.352 e. The molecule has 0 aliphatic carbocycles. The van der Waals surface area contributed by atoms with Gasteiger partial charge in [-0.25, -0.2) is 0 Å². The third-order valence-corrected chi connectivity index (χ3v) is 4.43. The van der Waals surface area contributed by atoms with Gasteiger partial charge < -0.3 is 10.2 Å². The molecule has 0 bridgehead atoms. The molecule has 0 aliphatic heterocycles. The molecule has 4 heteroatoms. The van der Waals surface area contributed by atoms with E-state index in [1.54, 1.807) is 0 Å². The maximum absolute atomic E-state index is 12.7. The lowest BCUT2D eigenvalue weighted by Crippen LogP contribution is -2.31. The van der Waals surface area contributed by atoms with Crippen molar-refractivity contribution in [2.75, 3.05) is 20.1 Å². The zero-order chi connectivity index (χ0) is 17.7. The average Bonchev–Trinajstić information content (AvgIpc) is 2.56. The van der Waals surface area contributed by atoms with Crippen molar-refractivity contribution in [2.45, 2.75) is 46.1 Å². The molecule has 1 N–H and O–H groups in total. The zero-order valence-corrected chi connectivity index (χ0v) is 15.5. The number of carbonyl (C=O) groups excluding carboxylic acids is 1. The van der Waals surface area contributed by atoms with Gasteiger partial charge in [0.1, 0.15) is 0 Å². The minimum absolute atomic E-state index is 0.0114. The van der Waals surface area contributed by atoms with Crippen molar-refractivity contribution in [3.63, 3.8) is 0 Å². The fourth-order valence-corrected chi connectivity index (χ4v) is 2.56. The molecule has 1 amide bonds. The van der Waals surface area contributed by atoms with E-state index in [0.717, 1.165) is 35.1 Å². The third kappa shape index (κ3) is 4.54.